The zero-order valence-corrected chi connectivity index (χ0v) is 9.51. The number of aryl methyl sites for hydroxylation is 1. The van der Waals surface area contributed by atoms with Crippen LogP contribution in [0, 0.1) is 17.0 Å². The maximum Gasteiger partial charge on any atom is 0.335 e. The first-order valence-electron chi connectivity index (χ1n) is 4.94. The van der Waals surface area contributed by atoms with Gasteiger partial charge in [0.05, 0.1) is 4.92 Å². The number of carboxylic acid groups (broad SMARTS) is 1. The molecule has 0 aliphatic rings. The Hall–Kier alpha value is -1.95. The number of aliphatic carboxylic acids is 1. The Morgan fingerprint density at radius 1 is 1.53 bits per heavy atom. The van der Waals surface area contributed by atoms with Gasteiger partial charge in [0, 0.05) is 18.1 Å². The van der Waals surface area contributed by atoms with Crippen molar-refractivity contribution in [1.29, 1.82) is 0 Å². The molecule has 1 unspecified atom stereocenters. The molecule has 0 saturated heterocycles. The van der Waals surface area contributed by atoms with Gasteiger partial charge in [0.2, 0.25) is 0 Å². The van der Waals surface area contributed by atoms with Crippen molar-refractivity contribution in [1.82, 2.24) is 0 Å². The second-order valence-corrected chi connectivity index (χ2v) is 4.13. The Labute approximate surface area is 97.7 Å². The molecule has 6 nitrogen and oxygen atoms in total. The molecule has 92 valence electrons. The van der Waals surface area contributed by atoms with Crippen molar-refractivity contribution in [3.8, 4) is 0 Å². The molecule has 1 aromatic carbocycles. The zero-order valence-electron chi connectivity index (χ0n) is 9.51. The number of hydrogen-bond acceptors (Lipinski definition) is 4. The van der Waals surface area contributed by atoms with Crippen molar-refractivity contribution in [3.05, 3.63) is 39.4 Å². The Morgan fingerprint density at radius 3 is 2.59 bits per heavy atom. The number of rotatable bonds is 4. The van der Waals surface area contributed by atoms with E-state index < -0.39 is 16.5 Å². The molecule has 0 radical (unpaired) electrons. The van der Waals surface area contributed by atoms with Crippen LogP contribution in [0.25, 0.3) is 0 Å². The lowest BCUT2D eigenvalue weighted by Gasteiger charge is -2.17. The Kier molecular flexibility index (Phi) is 3.47. The van der Waals surface area contributed by atoms with Crippen LogP contribution in [0.4, 0.5) is 5.69 Å². The molecule has 0 aliphatic carbocycles. The van der Waals surface area contributed by atoms with Crippen LogP contribution in [-0.2, 0) is 11.2 Å². The lowest BCUT2D eigenvalue weighted by molar-refractivity contribution is -0.385. The Bertz CT molecular complexity index is 467. The minimum absolute atomic E-state index is 0.0799. The smallest absolute Gasteiger partial charge is 0.335 e. The summed E-state index contributed by atoms with van der Waals surface area (Å²) in [5.41, 5.74) is -1.10. The van der Waals surface area contributed by atoms with Gasteiger partial charge in [-0.2, -0.15) is 0 Å². The first kappa shape index (κ1) is 13.1. The molecule has 1 atom stereocenters. The number of carbonyl (C=O) groups is 1. The average molecular weight is 239 g/mol. The Morgan fingerprint density at radius 2 is 2.12 bits per heavy atom. The molecule has 1 aromatic rings. The number of benzene rings is 1. The molecule has 0 saturated carbocycles. The zero-order chi connectivity index (χ0) is 13.2. The van der Waals surface area contributed by atoms with Crippen LogP contribution >= 0.6 is 0 Å². The molecule has 6 heteroatoms. The van der Waals surface area contributed by atoms with Gasteiger partial charge in [-0.15, -0.1) is 0 Å². The highest BCUT2D eigenvalue weighted by Crippen LogP contribution is 2.22. The number of carboxylic acids is 1. The fraction of sp³-hybridized carbons (Fsp3) is 0.364. The van der Waals surface area contributed by atoms with Crippen LogP contribution in [-0.4, -0.2) is 26.7 Å². The minimum Gasteiger partial charge on any atom is -0.479 e. The van der Waals surface area contributed by atoms with Gasteiger partial charge in [-0.25, -0.2) is 4.79 Å². The second kappa shape index (κ2) is 4.50. The number of nitro benzene ring substituents is 1. The quantitative estimate of drug-likeness (QED) is 0.608. The van der Waals surface area contributed by atoms with Crippen LogP contribution in [0.3, 0.4) is 0 Å². The summed E-state index contributed by atoms with van der Waals surface area (Å²) < 4.78 is 0. The summed E-state index contributed by atoms with van der Waals surface area (Å²) >= 11 is 0. The molecule has 0 spiro atoms. The van der Waals surface area contributed by atoms with E-state index in [9.17, 15) is 20.0 Å². The van der Waals surface area contributed by atoms with Gasteiger partial charge in [0.1, 0.15) is 0 Å². The monoisotopic (exact) mass is 239 g/mol. The summed E-state index contributed by atoms with van der Waals surface area (Å²) in [5, 5.41) is 29.0. The maximum atomic E-state index is 10.7. The molecule has 0 amide bonds. The summed E-state index contributed by atoms with van der Waals surface area (Å²) in [6, 6.07) is 4.39. The Balaban J connectivity index is 3.05. The van der Waals surface area contributed by atoms with Crippen molar-refractivity contribution >= 4 is 11.7 Å². The predicted octanol–water partition coefficient (Wildman–Crippen LogP) is 1.28. The van der Waals surface area contributed by atoms with Crippen molar-refractivity contribution in [3.63, 3.8) is 0 Å². The predicted molar refractivity (Wildman–Crippen MR) is 59.8 cm³/mol. The van der Waals surface area contributed by atoms with Crippen LogP contribution < -0.4 is 0 Å². The topological polar surface area (TPSA) is 101 Å². The van der Waals surface area contributed by atoms with E-state index in [-0.39, 0.29) is 12.1 Å². The van der Waals surface area contributed by atoms with E-state index in [1.165, 1.54) is 12.1 Å². The first-order valence-corrected chi connectivity index (χ1v) is 4.94. The van der Waals surface area contributed by atoms with Crippen molar-refractivity contribution in [2.75, 3.05) is 0 Å². The third-order valence-corrected chi connectivity index (χ3v) is 2.48. The molecule has 0 heterocycles. The molecule has 1 rings (SSSR count). The first-order chi connectivity index (χ1) is 7.74. The number of nitro groups is 1. The van der Waals surface area contributed by atoms with Gasteiger partial charge in [-0.1, -0.05) is 12.1 Å². The van der Waals surface area contributed by atoms with E-state index in [0.29, 0.717) is 11.1 Å². The van der Waals surface area contributed by atoms with E-state index >= 15 is 0 Å². The molecule has 0 fully saturated rings. The molecule has 2 N–H and O–H groups in total. The average Bonchev–Trinajstić information content (AvgIpc) is 2.20. The van der Waals surface area contributed by atoms with Gasteiger partial charge in [0.15, 0.2) is 5.60 Å². The van der Waals surface area contributed by atoms with Crippen LogP contribution in [0.1, 0.15) is 18.1 Å². The van der Waals surface area contributed by atoms with E-state index in [0.717, 1.165) is 6.92 Å². The van der Waals surface area contributed by atoms with Crippen molar-refractivity contribution < 1.29 is 19.9 Å². The highest BCUT2D eigenvalue weighted by atomic mass is 16.6. The summed E-state index contributed by atoms with van der Waals surface area (Å²) in [7, 11) is 0. The molecular weight excluding hydrogens is 226 g/mol. The van der Waals surface area contributed by atoms with Gasteiger partial charge in [0.25, 0.3) is 5.69 Å². The van der Waals surface area contributed by atoms with E-state index in [4.69, 9.17) is 5.11 Å². The normalized spacial score (nSPS) is 14.1. The standard InChI is InChI=1S/C11H13NO5/c1-7-3-4-8(5-9(7)12(16)17)6-11(2,15)10(13)14/h3-5,15H,6H2,1-2H3,(H,13,14). The molecular formula is C11H13NO5. The van der Waals surface area contributed by atoms with Gasteiger partial charge >= 0.3 is 5.97 Å². The van der Waals surface area contributed by atoms with E-state index in [2.05, 4.69) is 0 Å². The van der Waals surface area contributed by atoms with E-state index in [1.54, 1.807) is 13.0 Å². The summed E-state index contributed by atoms with van der Waals surface area (Å²) in [6.45, 7) is 2.75. The second-order valence-electron chi connectivity index (χ2n) is 4.13. The lowest BCUT2D eigenvalue weighted by atomic mass is 9.95. The largest absolute Gasteiger partial charge is 0.479 e. The highest BCUT2D eigenvalue weighted by Gasteiger charge is 2.30. The van der Waals surface area contributed by atoms with Crippen LogP contribution in [0.2, 0.25) is 0 Å². The van der Waals surface area contributed by atoms with Gasteiger partial charge in [-0.05, 0) is 19.4 Å². The van der Waals surface area contributed by atoms with E-state index in [1.807, 2.05) is 0 Å². The third kappa shape index (κ3) is 3.01. The van der Waals surface area contributed by atoms with Crippen molar-refractivity contribution in [2.24, 2.45) is 0 Å². The SMILES string of the molecule is Cc1ccc(CC(C)(O)C(=O)O)cc1[N+](=O)[O-]. The molecule has 17 heavy (non-hydrogen) atoms. The maximum absolute atomic E-state index is 10.7. The van der Waals surface area contributed by atoms with Gasteiger partial charge < -0.3 is 10.2 Å². The summed E-state index contributed by atoms with van der Waals surface area (Å²) in [4.78, 5) is 20.9. The highest BCUT2D eigenvalue weighted by molar-refractivity contribution is 5.77. The summed E-state index contributed by atoms with van der Waals surface area (Å²) in [5.74, 6) is -1.36. The fourth-order valence-electron chi connectivity index (χ4n) is 1.43. The number of hydrogen-bond donors (Lipinski definition) is 2. The fourth-order valence-corrected chi connectivity index (χ4v) is 1.43. The van der Waals surface area contributed by atoms with Crippen LogP contribution in [0.5, 0.6) is 0 Å². The third-order valence-electron chi connectivity index (χ3n) is 2.48. The lowest BCUT2D eigenvalue weighted by Crippen LogP contribution is -2.37. The van der Waals surface area contributed by atoms with Gasteiger partial charge in [-0.3, -0.25) is 10.1 Å². The molecule has 0 aromatic heterocycles. The molecule has 0 aliphatic heterocycles. The van der Waals surface area contributed by atoms with Crippen molar-refractivity contribution in [2.45, 2.75) is 25.9 Å². The summed E-state index contributed by atoms with van der Waals surface area (Å²) in [6.07, 6.45) is -0.177. The minimum atomic E-state index is -1.93. The van der Waals surface area contributed by atoms with Crippen LogP contribution in [0.15, 0.2) is 18.2 Å². The molecule has 0 bridgehead atoms. The number of aliphatic hydroxyl groups is 1. The number of nitrogens with zero attached hydrogens (tertiary/aromatic N) is 1.